The minimum atomic E-state index is 1.00. The summed E-state index contributed by atoms with van der Waals surface area (Å²) >= 11 is 0. The molecule has 1 aliphatic rings. The van der Waals surface area contributed by atoms with Crippen molar-refractivity contribution in [1.29, 1.82) is 0 Å². The van der Waals surface area contributed by atoms with Gasteiger partial charge in [0, 0.05) is 12.6 Å². The molecule has 0 radical (unpaired) electrons. The molecule has 1 heterocycles. The van der Waals surface area contributed by atoms with Crippen LogP contribution in [0.4, 0.5) is 0 Å². The predicted molar refractivity (Wildman–Crippen MR) is 45.2 cm³/mol. The third-order valence-electron chi connectivity index (χ3n) is 1.62. The van der Waals surface area contributed by atoms with Crippen molar-refractivity contribution in [3.63, 3.8) is 0 Å². The second kappa shape index (κ2) is 3.35. The monoisotopic (exact) mass is 135 g/mol. The average molecular weight is 135 g/mol. The Kier molecular flexibility index (Phi) is 2.43. The zero-order valence-electron chi connectivity index (χ0n) is 6.59. The van der Waals surface area contributed by atoms with E-state index in [0.29, 0.717) is 0 Å². The Bertz CT molecular complexity index is 197. The Balaban J connectivity index is 2.59. The fourth-order valence-corrected chi connectivity index (χ4v) is 0.835. The van der Waals surface area contributed by atoms with Crippen molar-refractivity contribution in [2.45, 2.75) is 26.7 Å². The summed E-state index contributed by atoms with van der Waals surface area (Å²) in [5, 5.41) is 0. The summed E-state index contributed by atoms with van der Waals surface area (Å²) in [7, 11) is 0. The summed E-state index contributed by atoms with van der Waals surface area (Å²) in [6.45, 7) is 4.29. The highest BCUT2D eigenvalue weighted by Crippen LogP contribution is 2.10. The van der Waals surface area contributed by atoms with Crippen molar-refractivity contribution in [2.24, 2.45) is 4.99 Å². The van der Waals surface area contributed by atoms with E-state index in [4.69, 9.17) is 0 Å². The van der Waals surface area contributed by atoms with Crippen LogP contribution in [0.2, 0.25) is 0 Å². The van der Waals surface area contributed by atoms with E-state index < -0.39 is 0 Å². The predicted octanol–water partition coefficient (Wildman–Crippen LogP) is 2.70. The molecule has 0 aromatic rings. The van der Waals surface area contributed by atoms with Gasteiger partial charge in [-0.15, -0.1) is 0 Å². The van der Waals surface area contributed by atoms with Crippen molar-refractivity contribution in [3.8, 4) is 0 Å². The molecule has 0 aromatic heterocycles. The third kappa shape index (κ3) is 1.83. The van der Waals surface area contributed by atoms with E-state index >= 15 is 0 Å². The van der Waals surface area contributed by atoms with E-state index in [1.165, 1.54) is 5.57 Å². The average Bonchev–Trinajstić information content (AvgIpc) is 2.40. The van der Waals surface area contributed by atoms with Crippen molar-refractivity contribution < 1.29 is 0 Å². The van der Waals surface area contributed by atoms with Gasteiger partial charge in [0.2, 0.25) is 0 Å². The molecule has 0 unspecified atom stereocenters. The number of rotatable bonds is 2. The molecule has 1 rings (SSSR count). The van der Waals surface area contributed by atoms with E-state index in [9.17, 15) is 0 Å². The molecule has 0 saturated carbocycles. The van der Waals surface area contributed by atoms with E-state index in [1.54, 1.807) is 0 Å². The fraction of sp³-hybridized carbons (Fsp3) is 0.444. The van der Waals surface area contributed by atoms with Gasteiger partial charge in [0.05, 0.1) is 5.70 Å². The topological polar surface area (TPSA) is 12.4 Å². The maximum atomic E-state index is 4.18. The Morgan fingerprint density at radius 1 is 1.80 bits per heavy atom. The number of aliphatic imine (C=N–C) groups is 1. The van der Waals surface area contributed by atoms with Crippen LogP contribution in [0.3, 0.4) is 0 Å². The van der Waals surface area contributed by atoms with Gasteiger partial charge in [0.25, 0.3) is 0 Å². The molecule has 0 atom stereocenters. The molecule has 0 bridgehead atoms. The fourth-order valence-electron chi connectivity index (χ4n) is 0.835. The number of hydrogen-bond donors (Lipinski definition) is 0. The standard InChI is InChI=1S/C9H13N/c1-3-8(2)7-9-5-4-6-10-9/h5-7H,3-4H2,1-2H3/b8-7+. The Labute approximate surface area is 62.2 Å². The van der Waals surface area contributed by atoms with Crippen LogP contribution < -0.4 is 0 Å². The van der Waals surface area contributed by atoms with Crippen LogP contribution in [0.25, 0.3) is 0 Å². The summed E-state index contributed by atoms with van der Waals surface area (Å²) in [5.41, 5.74) is 2.52. The lowest BCUT2D eigenvalue weighted by atomic mass is 10.2. The third-order valence-corrected chi connectivity index (χ3v) is 1.62. The highest BCUT2D eigenvalue weighted by molar-refractivity contribution is 5.65. The van der Waals surface area contributed by atoms with Crippen molar-refractivity contribution in [1.82, 2.24) is 0 Å². The van der Waals surface area contributed by atoms with E-state index in [1.807, 2.05) is 6.21 Å². The number of allylic oxidation sites excluding steroid dienone is 3. The largest absolute Gasteiger partial charge is 0.261 e. The van der Waals surface area contributed by atoms with Gasteiger partial charge in [0.15, 0.2) is 0 Å². The Morgan fingerprint density at radius 2 is 2.60 bits per heavy atom. The summed E-state index contributed by atoms with van der Waals surface area (Å²) in [6, 6.07) is 0. The van der Waals surface area contributed by atoms with E-state index in [-0.39, 0.29) is 0 Å². The van der Waals surface area contributed by atoms with Crippen LogP contribution in [0.1, 0.15) is 26.7 Å². The lowest BCUT2D eigenvalue weighted by Gasteiger charge is -1.92. The van der Waals surface area contributed by atoms with Gasteiger partial charge in [-0.3, -0.25) is 4.99 Å². The van der Waals surface area contributed by atoms with Gasteiger partial charge in [-0.05, 0) is 19.4 Å². The highest BCUT2D eigenvalue weighted by Gasteiger charge is 1.94. The molecule has 1 nitrogen and oxygen atoms in total. The van der Waals surface area contributed by atoms with Crippen LogP contribution in [0.5, 0.6) is 0 Å². The Hall–Kier alpha value is -0.850. The lowest BCUT2D eigenvalue weighted by Crippen LogP contribution is -1.72. The summed E-state index contributed by atoms with van der Waals surface area (Å²) in [5.74, 6) is 0. The Morgan fingerprint density at radius 3 is 3.10 bits per heavy atom. The molecular weight excluding hydrogens is 122 g/mol. The van der Waals surface area contributed by atoms with E-state index in [2.05, 4.69) is 31.0 Å². The SMILES string of the molecule is CC/C(C)=C/C1=CCC=N1. The van der Waals surface area contributed by atoms with Crippen LogP contribution >= 0.6 is 0 Å². The van der Waals surface area contributed by atoms with Crippen LogP contribution in [0, 0.1) is 0 Å². The highest BCUT2D eigenvalue weighted by atomic mass is 14.7. The molecule has 0 aliphatic carbocycles. The van der Waals surface area contributed by atoms with Crippen LogP contribution in [-0.4, -0.2) is 6.21 Å². The quantitative estimate of drug-likeness (QED) is 0.552. The van der Waals surface area contributed by atoms with E-state index in [0.717, 1.165) is 18.5 Å². The molecule has 1 heteroatoms. The molecule has 0 amide bonds. The molecule has 0 fully saturated rings. The van der Waals surface area contributed by atoms with Gasteiger partial charge in [-0.2, -0.15) is 0 Å². The second-order valence-electron chi connectivity index (χ2n) is 2.52. The normalized spacial score (nSPS) is 17.8. The van der Waals surface area contributed by atoms with Crippen molar-refractivity contribution in [2.75, 3.05) is 0 Å². The number of nitrogens with zero attached hydrogens (tertiary/aromatic N) is 1. The van der Waals surface area contributed by atoms with Crippen LogP contribution in [-0.2, 0) is 0 Å². The molecule has 0 spiro atoms. The van der Waals surface area contributed by atoms with Crippen LogP contribution in [0.15, 0.2) is 28.4 Å². The maximum Gasteiger partial charge on any atom is 0.0589 e. The molecule has 0 N–H and O–H groups in total. The van der Waals surface area contributed by atoms with Crippen molar-refractivity contribution >= 4 is 6.21 Å². The molecule has 0 aromatic carbocycles. The second-order valence-corrected chi connectivity index (χ2v) is 2.52. The minimum absolute atomic E-state index is 1.00. The summed E-state index contributed by atoms with van der Waals surface area (Å²) < 4.78 is 0. The van der Waals surface area contributed by atoms with Gasteiger partial charge < -0.3 is 0 Å². The zero-order chi connectivity index (χ0) is 7.40. The first-order valence-electron chi connectivity index (χ1n) is 3.72. The first kappa shape index (κ1) is 7.26. The zero-order valence-corrected chi connectivity index (χ0v) is 6.59. The van der Waals surface area contributed by atoms with Gasteiger partial charge in [-0.1, -0.05) is 18.6 Å². The number of hydrogen-bond acceptors (Lipinski definition) is 1. The molecule has 0 saturated heterocycles. The van der Waals surface area contributed by atoms with Crippen molar-refractivity contribution in [3.05, 3.63) is 23.4 Å². The smallest absolute Gasteiger partial charge is 0.0589 e. The summed E-state index contributed by atoms with van der Waals surface area (Å²) in [4.78, 5) is 4.18. The maximum absolute atomic E-state index is 4.18. The van der Waals surface area contributed by atoms with Gasteiger partial charge in [-0.25, -0.2) is 0 Å². The summed E-state index contributed by atoms with van der Waals surface area (Å²) in [6.07, 6.45) is 8.34. The van der Waals surface area contributed by atoms with Gasteiger partial charge >= 0.3 is 0 Å². The molecule has 1 aliphatic heterocycles. The first-order valence-corrected chi connectivity index (χ1v) is 3.72. The molecule has 54 valence electrons. The lowest BCUT2D eigenvalue weighted by molar-refractivity contribution is 1.09. The molecule has 10 heavy (non-hydrogen) atoms. The first-order chi connectivity index (χ1) is 4.83. The minimum Gasteiger partial charge on any atom is -0.261 e. The van der Waals surface area contributed by atoms with Gasteiger partial charge in [0.1, 0.15) is 0 Å². The molecular formula is C9H13N.